The van der Waals surface area contributed by atoms with Crippen LogP contribution in [0.3, 0.4) is 0 Å². The molecule has 106 valence electrons. The van der Waals surface area contributed by atoms with Crippen molar-refractivity contribution in [1.29, 1.82) is 0 Å². The molecule has 1 fully saturated rings. The van der Waals surface area contributed by atoms with Crippen molar-refractivity contribution in [3.05, 3.63) is 26.5 Å². The van der Waals surface area contributed by atoms with E-state index in [1.54, 1.807) is 22.6 Å². The van der Waals surface area contributed by atoms with Crippen molar-refractivity contribution in [3.63, 3.8) is 0 Å². The SMILES string of the molecule is O=S(=O)(Nc1ccc(F)c(I)c1Cl)N1CCC(F)C1. The molecule has 0 amide bonds. The number of nitrogens with one attached hydrogen (secondary N) is 1. The molecule has 9 heteroatoms. The van der Waals surface area contributed by atoms with Crippen molar-refractivity contribution in [1.82, 2.24) is 4.31 Å². The minimum absolute atomic E-state index is 0.0137. The van der Waals surface area contributed by atoms with E-state index in [0.717, 1.165) is 10.4 Å². The Labute approximate surface area is 128 Å². The first-order valence-electron chi connectivity index (χ1n) is 5.36. The Bertz CT molecular complexity index is 599. The number of halogens is 4. The van der Waals surface area contributed by atoms with Crippen LogP contribution in [-0.2, 0) is 10.2 Å². The van der Waals surface area contributed by atoms with Crippen molar-refractivity contribution in [2.24, 2.45) is 0 Å². The van der Waals surface area contributed by atoms with Gasteiger partial charge in [0.1, 0.15) is 12.0 Å². The molecule has 1 aliphatic heterocycles. The molecule has 1 aliphatic rings. The van der Waals surface area contributed by atoms with Crippen molar-refractivity contribution in [2.45, 2.75) is 12.6 Å². The van der Waals surface area contributed by atoms with Gasteiger partial charge in [0.2, 0.25) is 0 Å². The second-order valence-corrected chi connectivity index (χ2v) is 7.20. The van der Waals surface area contributed by atoms with E-state index in [1.807, 2.05) is 0 Å². The van der Waals surface area contributed by atoms with E-state index in [9.17, 15) is 17.2 Å². The zero-order valence-electron chi connectivity index (χ0n) is 9.54. The zero-order valence-corrected chi connectivity index (χ0v) is 13.3. The summed E-state index contributed by atoms with van der Waals surface area (Å²) in [7, 11) is -3.86. The van der Waals surface area contributed by atoms with Crippen LogP contribution in [0.5, 0.6) is 0 Å². The van der Waals surface area contributed by atoms with Gasteiger partial charge in [-0.3, -0.25) is 4.72 Å². The quantitative estimate of drug-likeness (QED) is 0.602. The Kier molecular flexibility index (Phi) is 4.53. The fourth-order valence-corrected chi connectivity index (χ4v) is 3.72. The van der Waals surface area contributed by atoms with Crippen molar-refractivity contribution in [2.75, 3.05) is 17.8 Å². The van der Waals surface area contributed by atoms with Gasteiger partial charge in [0.05, 0.1) is 14.3 Å². The molecule has 1 heterocycles. The summed E-state index contributed by atoms with van der Waals surface area (Å²) in [6.45, 7) is -0.0579. The lowest BCUT2D eigenvalue weighted by Crippen LogP contribution is -2.34. The second-order valence-electron chi connectivity index (χ2n) is 4.07. The van der Waals surface area contributed by atoms with Crippen molar-refractivity contribution >= 4 is 50.1 Å². The van der Waals surface area contributed by atoms with Gasteiger partial charge in [0, 0.05) is 13.1 Å². The summed E-state index contributed by atoms with van der Waals surface area (Å²) in [5.74, 6) is -0.529. The summed E-state index contributed by atoms with van der Waals surface area (Å²) in [4.78, 5) is 0. The summed E-state index contributed by atoms with van der Waals surface area (Å²) < 4.78 is 53.6. The van der Waals surface area contributed by atoms with Gasteiger partial charge in [0.15, 0.2) is 0 Å². The van der Waals surface area contributed by atoms with Gasteiger partial charge >= 0.3 is 10.2 Å². The normalized spacial score (nSPS) is 20.7. The van der Waals surface area contributed by atoms with Crippen molar-refractivity contribution < 1.29 is 17.2 Å². The van der Waals surface area contributed by atoms with Crippen LogP contribution in [0, 0.1) is 9.39 Å². The molecule has 0 aliphatic carbocycles. The van der Waals surface area contributed by atoms with E-state index in [0.29, 0.717) is 0 Å². The van der Waals surface area contributed by atoms with Gasteiger partial charge < -0.3 is 0 Å². The molecule has 1 N–H and O–H groups in total. The van der Waals surface area contributed by atoms with E-state index in [4.69, 9.17) is 11.6 Å². The fourth-order valence-electron chi connectivity index (χ4n) is 1.71. The number of hydrogen-bond acceptors (Lipinski definition) is 2. The third kappa shape index (κ3) is 3.29. The summed E-state index contributed by atoms with van der Waals surface area (Å²) in [6.07, 6.45) is -0.976. The van der Waals surface area contributed by atoms with Crippen LogP contribution in [0.2, 0.25) is 5.02 Å². The molecule has 1 aromatic carbocycles. The summed E-state index contributed by atoms with van der Waals surface area (Å²) in [5, 5.41) is -0.0137. The molecule has 1 saturated heterocycles. The Hall–Kier alpha value is -0.190. The first-order chi connectivity index (χ1) is 8.81. The van der Waals surface area contributed by atoms with Gasteiger partial charge in [-0.2, -0.15) is 12.7 Å². The molecular weight excluding hydrogens is 413 g/mol. The van der Waals surface area contributed by atoms with Gasteiger partial charge in [-0.1, -0.05) is 11.6 Å². The van der Waals surface area contributed by atoms with Gasteiger partial charge in [0.25, 0.3) is 0 Å². The van der Waals surface area contributed by atoms with E-state index < -0.39 is 22.2 Å². The standard InChI is InChI=1S/C10H10ClF2IN2O2S/c11-9-8(2-1-7(13)10(9)14)15-19(17,18)16-4-3-6(12)5-16/h1-2,6,15H,3-5H2. The van der Waals surface area contributed by atoms with Crippen LogP contribution in [-0.4, -0.2) is 32.0 Å². The van der Waals surface area contributed by atoms with Crippen LogP contribution in [0.25, 0.3) is 0 Å². The largest absolute Gasteiger partial charge is 0.301 e. The lowest BCUT2D eigenvalue weighted by molar-refractivity contribution is 0.343. The fraction of sp³-hybridized carbons (Fsp3) is 0.400. The minimum Gasteiger partial charge on any atom is -0.269 e. The Balaban J connectivity index is 2.24. The lowest BCUT2D eigenvalue weighted by Gasteiger charge is -2.17. The highest BCUT2D eigenvalue weighted by atomic mass is 127. The molecule has 1 unspecified atom stereocenters. The summed E-state index contributed by atoms with van der Waals surface area (Å²) in [5.41, 5.74) is 0.0785. The predicted molar refractivity (Wildman–Crippen MR) is 77.8 cm³/mol. The van der Waals surface area contributed by atoms with Gasteiger partial charge in [-0.05, 0) is 41.1 Å². The van der Waals surface area contributed by atoms with Crippen molar-refractivity contribution in [3.8, 4) is 0 Å². The topological polar surface area (TPSA) is 49.4 Å². The van der Waals surface area contributed by atoms with Crippen LogP contribution in [0.15, 0.2) is 12.1 Å². The maximum Gasteiger partial charge on any atom is 0.301 e. The van der Waals surface area contributed by atoms with Crippen LogP contribution in [0.4, 0.5) is 14.5 Å². The number of hydrogen-bond donors (Lipinski definition) is 1. The molecule has 1 aromatic rings. The van der Waals surface area contributed by atoms with Crippen LogP contribution < -0.4 is 4.72 Å². The van der Waals surface area contributed by atoms with Crippen LogP contribution >= 0.6 is 34.2 Å². The average molecular weight is 423 g/mol. The van der Waals surface area contributed by atoms with Crippen LogP contribution in [0.1, 0.15) is 6.42 Å². The summed E-state index contributed by atoms with van der Waals surface area (Å²) >= 11 is 7.56. The molecule has 0 spiro atoms. The Morgan fingerprint density at radius 3 is 2.74 bits per heavy atom. The summed E-state index contributed by atoms with van der Waals surface area (Å²) in [6, 6.07) is 2.35. The number of nitrogens with zero attached hydrogens (tertiary/aromatic N) is 1. The smallest absolute Gasteiger partial charge is 0.269 e. The van der Waals surface area contributed by atoms with Gasteiger partial charge in [-0.25, -0.2) is 8.78 Å². The lowest BCUT2D eigenvalue weighted by atomic mass is 10.3. The molecule has 0 aromatic heterocycles. The molecule has 4 nitrogen and oxygen atoms in total. The number of benzene rings is 1. The Morgan fingerprint density at radius 1 is 1.47 bits per heavy atom. The number of alkyl halides is 1. The maximum atomic E-state index is 13.2. The average Bonchev–Trinajstić information content (AvgIpc) is 2.78. The molecular formula is C10H10ClF2IN2O2S. The minimum atomic E-state index is -3.86. The van der Waals surface area contributed by atoms with E-state index >= 15 is 0 Å². The third-order valence-electron chi connectivity index (χ3n) is 2.71. The zero-order chi connectivity index (χ0) is 14.2. The molecule has 2 rings (SSSR count). The molecule has 0 radical (unpaired) electrons. The van der Waals surface area contributed by atoms with E-state index in [-0.39, 0.29) is 33.8 Å². The first-order valence-corrected chi connectivity index (χ1v) is 8.26. The van der Waals surface area contributed by atoms with E-state index in [2.05, 4.69) is 4.72 Å². The first kappa shape index (κ1) is 15.2. The monoisotopic (exact) mass is 422 g/mol. The molecule has 0 saturated carbocycles. The maximum absolute atomic E-state index is 13.2. The number of rotatable bonds is 3. The number of anilines is 1. The highest BCUT2D eigenvalue weighted by Gasteiger charge is 2.31. The highest BCUT2D eigenvalue weighted by Crippen LogP contribution is 2.30. The third-order valence-corrected chi connectivity index (χ3v) is 5.96. The van der Waals surface area contributed by atoms with E-state index in [1.165, 1.54) is 6.07 Å². The molecule has 0 bridgehead atoms. The Morgan fingerprint density at radius 2 is 2.16 bits per heavy atom. The van der Waals surface area contributed by atoms with Gasteiger partial charge in [-0.15, -0.1) is 0 Å². The highest BCUT2D eigenvalue weighted by molar-refractivity contribution is 14.1. The molecule has 19 heavy (non-hydrogen) atoms. The second kappa shape index (κ2) is 5.66. The predicted octanol–water partition coefficient (Wildman–Crippen LogP) is 2.78. The molecule has 1 atom stereocenters.